The Morgan fingerprint density at radius 2 is 1.72 bits per heavy atom. The highest BCUT2D eigenvalue weighted by atomic mass is 35.5. The van der Waals surface area contributed by atoms with Crippen LogP contribution in [0.4, 0.5) is 4.79 Å². The minimum absolute atomic E-state index is 0.0305. The fourth-order valence-corrected chi connectivity index (χ4v) is 6.67. The molecule has 2 aliphatic rings. The molecule has 3 heterocycles. The molecule has 1 fully saturated rings. The Morgan fingerprint density at radius 3 is 2.36 bits per heavy atom. The van der Waals surface area contributed by atoms with Gasteiger partial charge >= 0.3 is 12.1 Å². The van der Waals surface area contributed by atoms with Gasteiger partial charge in [0.25, 0.3) is 17.7 Å². The van der Waals surface area contributed by atoms with Crippen molar-refractivity contribution in [2.75, 3.05) is 12.4 Å². The third kappa shape index (κ3) is 6.95. The average molecular weight is 772 g/mol. The largest absolute Gasteiger partial charge is 0.508 e. The Balaban J connectivity index is 1.35. The number of carboxylic acid groups (broad SMARTS) is 1. The molecule has 2 aromatic carbocycles. The zero-order chi connectivity index (χ0) is 36.6. The monoisotopic (exact) mass is 770 g/mol. The maximum Gasteiger partial charge on any atom is 0.432 e. The van der Waals surface area contributed by atoms with Crippen molar-refractivity contribution in [3.8, 4) is 17.2 Å². The second kappa shape index (κ2) is 14.4. The fourth-order valence-electron chi connectivity index (χ4n) is 4.90. The first-order valence-electron chi connectivity index (χ1n) is 13.8. The molecule has 0 radical (unpaired) electrons. The number of carbonyl (C=O) groups is 6. The van der Waals surface area contributed by atoms with E-state index in [2.05, 4.69) is 10.6 Å². The predicted molar refractivity (Wildman–Crippen MR) is 173 cm³/mol. The summed E-state index contributed by atoms with van der Waals surface area (Å²) in [4.78, 5) is 88.5. The molecule has 3 aromatic rings. The summed E-state index contributed by atoms with van der Waals surface area (Å²) >= 11 is 17.3. The topological polar surface area (TPSA) is 253 Å². The van der Waals surface area contributed by atoms with Gasteiger partial charge in [0.1, 0.15) is 52.9 Å². The number of phenols is 3. The normalized spacial score (nSPS) is 17.4. The Labute approximate surface area is 298 Å². The number of hydrogen-bond donors (Lipinski definition) is 6. The molecule has 2 aliphatic heterocycles. The van der Waals surface area contributed by atoms with E-state index >= 15 is 0 Å². The van der Waals surface area contributed by atoms with Gasteiger partial charge in [-0.1, -0.05) is 35.3 Å². The van der Waals surface area contributed by atoms with Crippen LogP contribution in [-0.4, -0.2) is 94.0 Å². The van der Waals surface area contributed by atoms with Crippen molar-refractivity contribution in [3.05, 3.63) is 75.3 Å². The lowest BCUT2D eigenvalue weighted by Crippen LogP contribution is -2.71. The number of rotatable bonds is 9. The van der Waals surface area contributed by atoms with Crippen molar-refractivity contribution < 1.29 is 58.3 Å². The molecule has 0 bridgehead atoms. The van der Waals surface area contributed by atoms with E-state index in [4.69, 9.17) is 44.1 Å². The lowest BCUT2D eigenvalue weighted by atomic mass is 10.0. The number of β-lactam (4-membered cyclic amide) rings is 1. The highest BCUT2D eigenvalue weighted by molar-refractivity contribution is 8.00. The number of carboxylic acids is 1. The highest BCUT2D eigenvalue weighted by Gasteiger charge is 2.54. The quantitative estimate of drug-likeness (QED) is 0.0789. The number of imide groups is 1. The number of thioether (sulfide) groups is 1. The summed E-state index contributed by atoms with van der Waals surface area (Å²) in [5, 5.41) is 42.8. The molecule has 1 unspecified atom stereocenters. The van der Waals surface area contributed by atoms with Gasteiger partial charge in [0.15, 0.2) is 16.3 Å². The number of carbonyl (C=O) groups excluding carboxylic acids is 5. The number of halogens is 3. The Morgan fingerprint density at radius 1 is 1.06 bits per heavy atom. The van der Waals surface area contributed by atoms with Gasteiger partial charge in [-0.25, -0.2) is 9.59 Å². The Hall–Kier alpha value is -5.17. The van der Waals surface area contributed by atoms with E-state index in [1.807, 2.05) is 0 Å². The van der Waals surface area contributed by atoms with Crippen LogP contribution in [0.2, 0.25) is 0 Å². The standard InChI is InChI=1S/C29H21Cl3N4O13S/c30-22(31)26(44)36(32)29(47)49-7-11-9-50-27-19(25(43)35(27)20(11)28(45)46)34-24(42)18(10-1-3-12(37)4-2-10)33-23(41)14-8-48-17-6-16(39)15(38)5-13(17)21(14)40/h1-6,8,18-19,22,27,37-39H,7,9H2,(H,33,41)(H,34,42)(H,45,46)/t18?,19-,27+/m1/s1. The number of phenolic OH excluding ortho intramolecular Hbond substituents is 3. The van der Waals surface area contributed by atoms with Crippen LogP contribution >= 0.6 is 46.7 Å². The second-order valence-electron chi connectivity index (χ2n) is 10.4. The first-order chi connectivity index (χ1) is 23.6. The van der Waals surface area contributed by atoms with Crippen LogP contribution in [0.25, 0.3) is 11.0 Å². The van der Waals surface area contributed by atoms with Crippen LogP contribution in [-0.2, 0) is 23.9 Å². The van der Waals surface area contributed by atoms with Crippen molar-refractivity contribution in [1.82, 2.24) is 20.0 Å². The van der Waals surface area contributed by atoms with Crippen LogP contribution in [0.1, 0.15) is 22.0 Å². The van der Waals surface area contributed by atoms with E-state index in [0.717, 1.165) is 35.1 Å². The van der Waals surface area contributed by atoms with Crippen molar-refractivity contribution in [1.29, 1.82) is 0 Å². The fraction of sp³-hybridized carbons (Fsp3) is 0.207. The molecule has 1 saturated heterocycles. The summed E-state index contributed by atoms with van der Waals surface area (Å²) in [7, 11) is 0. The zero-order valence-corrected chi connectivity index (χ0v) is 27.7. The molecular weight excluding hydrogens is 751 g/mol. The third-order valence-electron chi connectivity index (χ3n) is 7.34. The number of ether oxygens (including phenoxy) is 1. The summed E-state index contributed by atoms with van der Waals surface area (Å²) in [5.41, 5.74) is -2.10. The molecular formula is C29H21Cl3N4O13S. The Kier molecular flexibility index (Phi) is 10.4. The molecule has 0 saturated carbocycles. The van der Waals surface area contributed by atoms with Crippen LogP contribution in [0, 0.1) is 0 Å². The number of aliphatic carboxylic acids is 1. The van der Waals surface area contributed by atoms with Crippen molar-refractivity contribution in [2.45, 2.75) is 22.3 Å². The molecule has 0 aliphatic carbocycles. The van der Waals surface area contributed by atoms with Gasteiger partial charge in [-0.05, 0) is 23.8 Å². The molecule has 5 amide bonds. The highest BCUT2D eigenvalue weighted by Crippen LogP contribution is 2.41. The van der Waals surface area contributed by atoms with Crippen molar-refractivity contribution >= 4 is 93.4 Å². The van der Waals surface area contributed by atoms with Crippen LogP contribution in [0.5, 0.6) is 17.2 Å². The predicted octanol–water partition coefficient (Wildman–Crippen LogP) is 2.04. The molecule has 1 aromatic heterocycles. The van der Waals surface area contributed by atoms with Gasteiger partial charge in [0.2, 0.25) is 11.3 Å². The molecule has 3 atom stereocenters. The van der Waals surface area contributed by atoms with Gasteiger partial charge < -0.3 is 40.2 Å². The van der Waals surface area contributed by atoms with E-state index < -0.39 is 92.8 Å². The number of aromatic hydroxyl groups is 3. The van der Waals surface area contributed by atoms with Gasteiger partial charge in [-0.2, -0.15) is 4.42 Å². The lowest BCUT2D eigenvalue weighted by molar-refractivity contribution is -0.151. The van der Waals surface area contributed by atoms with E-state index in [-0.39, 0.29) is 38.0 Å². The SMILES string of the molecule is O=C(O)C1=C(COC(=O)N(Cl)C(=O)C(Cl)Cl)CS[C@H]2[C@H](NC(=O)C(NC(=O)c3coc4cc(O)c(O)cc4c3=O)c3ccc(O)cc3)C(=O)N12. The molecule has 262 valence electrons. The first-order valence-corrected chi connectivity index (χ1v) is 16.1. The van der Waals surface area contributed by atoms with Crippen LogP contribution in [0.3, 0.4) is 0 Å². The van der Waals surface area contributed by atoms with Crippen LogP contribution < -0.4 is 16.1 Å². The van der Waals surface area contributed by atoms with Gasteiger partial charge in [0.05, 0.1) is 5.39 Å². The minimum Gasteiger partial charge on any atom is -0.508 e. The second-order valence-corrected chi connectivity index (χ2v) is 13.0. The van der Waals surface area contributed by atoms with E-state index in [0.29, 0.717) is 0 Å². The van der Waals surface area contributed by atoms with Crippen molar-refractivity contribution in [2.24, 2.45) is 0 Å². The summed E-state index contributed by atoms with van der Waals surface area (Å²) < 4.78 is 10.1. The number of nitrogens with zero attached hydrogens (tertiary/aromatic N) is 2. The number of alkyl halides is 2. The van der Waals surface area contributed by atoms with Gasteiger partial charge in [0, 0.05) is 29.2 Å². The maximum absolute atomic E-state index is 13.6. The number of fused-ring (bicyclic) bond motifs is 2. The molecule has 5 rings (SSSR count). The summed E-state index contributed by atoms with van der Waals surface area (Å²) in [6.07, 6.45) is -0.619. The summed E-state index contributed by atoms with van der Waals surface area (Å²) in [6, 6.07) is 4.01. The first kappa shape index (κ1) is 36.1. The van der Waals surface area contributed by atoms with Crippen LogP contribution in [0.15, 0.2) is 63.1 Å². The smallest absolute Gasteiger partial charge is 0.432 e. The lowest BCUT2D eigenvalue weighted by Gasteiger charge is -2.49. The molecule has 17 nitrogen and oxygen atoms in total. The van der Waals surface area contributed by atoms with Crippen molar-refractivity contribution in [3.63, 3.8) is 0 Å². The minimum atomic E-state index is -1.68. The maximum atomic E-state index is 13.6. The number of hydrogen-bond acceptors (Lipinski definition) is 13. The molecule has 0 spiro atoms. The average Bonchev–Trinajstić information content (AvgIpc) is 3.08. The van der Waals surface area contributed by atoms with Gasteiger partial charge in [-0.15, -0.1) is 11.8 Å². The zero-order valence-electron chi connectivity index (χ0n) is 24.7. The third-order valence-corrected chi connectivity index (χ3v) is 9.35. The van der Waals surface area contributed by atoms with E-state index in [9.17, 15) is 54.0 Å². The summed E-state index contributed by atoms with van der Waals surface area (Å²) in [5.74, 6) is -7.22. The van der Waals surface area contributed by atoms with E-state index in [1.165, 1.54) is 24.3 Å². The van der Waals surface area contributed by atoms with E-state index in [1.54, 1.807) is 0 Å². The summed E-state index contributed by atoms with van der Waals surface area (Å²) in [6.45, 7) is -0.689. The molecule has 50 heavy (non-hydrogen) atoms. The molecule has 6 N–H and O–H groups in total. The van der Waals surface area contributed by atoms with Gasteiger partial charge in [-0.3, -0.25) is 28.9 Å². The number of benzene rings is 2. The Bertz CT molecular complexity index is 2040. The molecule has 21 heteroatoms. The number of nitrogens with one attached hydrogen (secondary N) is 2. The number of amides is 5.